The molecule has 2 heterocycles. The van der Waals surface area contributed by atoms with Crippen LogP contribution >= 0.6 is 0 Å². The van der Waals surface area contributed by atoms with Gasteiger partial charge in [0.05, 0.1) is 17.5 Å². The average molecular weight is 463 g/mol. The molecule has 1 aliphatic heterocycles. The summed E-state index contributed by atoms with van der Waals surface area (Å²) in [7, 11) is 1.63. The van der Waals surface area contributed by atoms with Crippen LogP contribution in [0.25, 0.3) is 10.9 Å². The molecular weight excluding hydrogens is 443 g/mol. The van der Waals surface area contributed by atoms with E-state index >= 15 is 0 Å². The third kappa shape index (κ3) is 3.61. The largest absolute Gasteiger partial charge is 0.416 e. The second-order valence-electron chi connectivity index (χ2n) is 8.28. The number of halogens is 3. The van der Waals surface area contributed by atoms with Gasteiger partial charge in [-0.15, -0.1) is 0 Å². The molecule has 1 aliphatic rings. The first-order valence-corrected chi connectivity index (χ1v) is 10.7. The molecule has 8 heteroatoms. The zero-order chi connectivity index (χ0) is 24.0. The lowest BCUT2D eigenvalue weighted by molar-refractivity contribution is -0.137. The van der Waals surface area contributed by atoms with Crippen LogP contribution in [0.2, 0.25) is 0 Å². The summed E-state index contributed by atoms with van der Waals surface area (Å²) in [5.74, 6) is -1.57. The monoisotopic (exact) mass is 463 g/mol. The molecule has 0 saturated heterocycles. The Morgan fingerprint density at radius 3 is 2.50 bits per heavy atom. The Bertz CT molecular complexity index is 1410. The molecule has 172 valence electrons. The molecule has 4 aromatic rings. The lowest BCUT2D eigenvalue weighted by atomic mass is 9.79. The molecule has 0 saturated carbocycles. The Kier molecular flexibility index (Phi) is 5.16. The van der Waals surface area contributed by atoms with E-state index in [1.54, 1.807) is 37.5 Å². The van der Waals surface area contributed by atoms with Crippen LogP contribution in [0, 0.1) is 0 Å². The van der Waals surface area contributed by atoms with E-state index in [0.29, 0.717) is 11.1 Å². The van der Waals surface area contributed by atoms with E-state index in [1.165, 1.54) is 17.0 Å². The van der Waals surface area contributed by atoms with Crippen LogP contribution in [-0.2, 0) is 11.0 Å². The maximum atomic E-state index is 13.6. The van der Waals surface area contributed by atoms with Crippen molar-refractivity contribution in [2.75, 3.05) is 12.4 Å². The average Bonchev–Trinajstić information content (AvgIpc) is 3.24. The van der Waals surface area contributed by atoms with Crippen molar-refractivity contribution >= 4 is 28.4 Å². The normalized spacial score (nSPS) is 18.1. The summed E-state index contributed by atoms with van der Waals surface area (Å²) >= 11 is 0. The van der Waals surface area contributed by atoms with E-state index in [-0.39, 0.29) is 11.6 Å². The van der Waals surface area contributed by atoms with Gasteiger partial charge in [0.25, 0.3) is 5.91 Å². The molecule has 1 aromatic heterocycles. The number of amides is 2. The molecule has 0 aliphatic carbocycles. The Labute approximate surface area is 193 Å². The molecule has 0 spiro atoms. The second-order valence-corrected chi connectivity index (χ2v) is 8.28. The number of likely N-dealkylation sites (N-methyl/N-ethyl adjacent to an activating group) is 1. The Hall–Kier alpha value is -4.07. The quantitative estimate of drug-likeness (QED) is 0.407. The van der Waals surface area contributed by atoms with Gasteiger partial charge in [-0.05, 0) is 35.9 Å². The number of hydrogen-bond donors (Lipinski definition) is 2. The number of anilines is 1. The van der Waals surface area contributed by atoms with E-state index in [4.69, 9.17) is 0 Å². The molecule has 0 unspecified atom stereocenters. The van der Waals surface area contributed by atoms with Crippen molar-refractivity contribution in [1.82, 2.24) is 9.88 Å². The number of aromatic amines is 1. The molecule has 2 atom stereocenters. The van der Waals surface area contributed by atoms with Crippen LogP contribution in [0.5, 0.6) is 0 Å². The number of para-hydroxylation sites is 1. The summed E-state index contributed by atoms with van der Waals surface area (Å²) in [5.41, 5.74) is 1.72. The van der Waals surface area contributed by atoms with Gasteiger partial charge in [0.1, 0.15) is 0 Å². The van der Waals surface area contributed by atoms with E-state index in [1.807, 2.05) is 24.3 Å². The summed E-state index contributed by atoms with van der Waals surface area (Å²) in [6.07, 6.45) is -2.75. The maximum absolute atomic E-state index is 13.6. The van der Waals surface area contributed by atoms with Gasteiger partial charge in [-0.2, -0.15) is 13.2 Å². The van der Waals surface area contributed by atoms with Crippen molar-refractivity contribution in [3.8, 4) is 0 Å². The molecule has 2 amide bonds. The fourth-order valence-corrected chi connectivity index (χ4v) is 4.68. The molecule has 5 rings (SSSR count). The molecule has 2 N–H and O–H groups in total. The van der Waals surface area contributed by atoms with E-state index in [9.17, 15) is 22.8 Å². The molecule has 0 radical (unpaired) electrons. The van der Waals surface area contributed by atoms with Crippen LogP contribution in [0.15, 0.2) is 79.0 Å². The highest BCUT2D eigenvalue weighted by atomic mass is 19.4. The first kappa shape index (κ1) is 21.8. The number of carbonyl (C=O) groups excluding carboxylic acids is 2. The van der Waals surface area contributed by atoms with Gasteiger partial charge < -0.3 is 15.2 Å². The number of carbonyl (C=O) groups is 2. The summed E-state index contributed by atoms with van der Waals surface area (Å²) in [5, 5.41) is 3.52. The van der Waals surface area contributed by atoms with Crippen molar-refractivity contribution < 1.29 is 22.8 Å². The number of hydrogen-bond acceptors (Lipinski definition) is 2. The SMILES string of the molecule is CN1C(=O)c2ccccc2[C@H](C(=O)Nc2cccc(C(F)(F)F)c2)[C@H]1c1c[nH]c2ccccc12. The zero-order valence-electron chi connectivity index (χ0n) is 18.1. The van der Waals surface area contributed by atoms with Crippen LogP contribution in [0.3, 0.4) is 0 Å². The minimum absolute atomic E-state index is 0.0366. The zero-order valence-corrected chi connectivity index (χ0v) is 18.1. The van der Waals surface area contributed by atoms with Crippen molar-refractivity contribution in [3.63, 3.8) is 0 Å². The third-order valence-electron chi connectivity index (χ3n) is 6.26. The predicted molar refractivity (Wildman–Crippen MR) is 122 cm³/mol. The van der Waals surface area contributed by atoms with Gasteiger partial charge in [-0.1, -0.05) is 42.5 Å². The van der Waals surface area contributed by atoms with Gasteiger partial charge in [0.15, 0.2) is 0 Å². The minimum Gasteiger partial charge on any atom is -0.361 e. The predicted octanol–water partition coefficient (Wildman–Crippen LogP) is 5.74. The number of H-pyrrole nitrogens is 1. The fraction of sp³-hybridized carbons (Fsp3) is 0.154. The lowest BCUT2D eigenvalue weighted by Crippen LogP contribution is -2.44. The first-order chi connectivity index (χ1) is 16.3. The minimum atomic E-state index is -4.53. The summed E-state index contributed by atoms with van der Waals surface area (Å²) < 4.78 is 39.6. The fourth-order valence-electron chi connectivity index (χ4n) is 4.68. The number of rotatable bonds is 3. The second kappa shape index (κ2) is 8.06. The highest BCUT2D eigenvalue weighted by Gasteiger charge is 2.43. The smallest absolute Gasteiger partial charge is 0.361 e. The third-order valence-corrected chi connectivity index (χ3v) is 6.26. The van der Waals surface area contributed by atoms with Crippen LogP contribution in [0.4, 0.5) is 18.9 Å². The topological polar surface area (TPSA) is 65.2 Å². The summed E-state index contributed by atoms with van der Waals surface area (Å²) in [4.78, 5) is 31.5. The number of nitrogens with one attached hydrogen (secondary N) is 2. The lowest BCUT2D eigenvalue weighted by Gasteiger charge is -2.39. The van der Waals surface area contributed by atoms with Crippen LogP contribution in [0.1, 0.15) is 39.0 Å². The number of alkyl halides is 3. The number of fused-ring (bicyclic) bond motifs is 2. The number of benzene rings is 3. The molecule has 34 heavy (non-hydrogen) atoms. The Balaban J connectivity index is 1.61. The highest BCUT2D eigenvalue weighted by Crippen LogP contribution is 2.44. The standard InChI is InChI=1S/C26H20F3N3O2/c1-32-23(20-14-30-21-12-5-4-9-17(20)21)22(18-10-2-3-11-19(18)25(32)34)24(33)31-16-8-6-7-15(13-16)26(27,28)29/h2-14,22-23,30H,1H3,(H,31,33)/t22-,23+/m0/s1. The Morgan fingerprint density at radius 1 is 0.971 bits per heavy atom. The van der Waals surface area contributed by atoms with Crippen LogP contribution < -0.4 is 5.32 Å². The molecule has 0 fully saturated rings. The van der Waals surface area contributed by atoms with Gasteiger partial charge in [-0.25, -0.2) is 0 Å². The van der Waals surface area contributed by atoms with Gasteiger partial charge in [0.2, 0.25) is 5.91 Å². The molecule has 0 bridgehead atoms. The van der Waals surface area contributed by atoms with Crippen LogP contribution in [-0.4, -0.2) is 28.7 Å². The highest BCUT2D eigenvalue weighted by molar-refractivity contribution is 6.05. The van der Waals surface area contributed by atoms with Crippen molar-refractivity contribution in [3.05, 3.63) is 101 Å². The molecular formula is C26H20F3N3O2. The van der Waals surface area contributed by atoms with E-state index < -0.39 is 29.6 Å². The molecule has 5 nitrogen and oxygen atoms in total. The van der Waals surface area contributed by atoms with Gasteiger partial charge in [-0.3, -0.25) is 9.59 Å². The maximum Gasteiger partial charge on any atom is 0.416 e. The van der Waals surface area contributed by atoms with Crippen molar-refractivity contribution in [2.45, 2.75) is 18.1 Å². The summed E-state index contributed by atoms with van der Waals surface area (Å²) in [6.45, 7) is 0. The Morgan fingerprint density at radius 2 is 1.71 bits per heavy atom. The van der Waals surface area contributed by atoms with E-state index in [0.717, 1.165) is 28.6 Å². The number of nitrogens with zero attached hydrogens (tertiary/aromatic N) is 1. The number of aromatic nitrogens is 1. The van der Waals surface area contributed by atoms with Gasteiger partial charge in [0, 0.05) is 41.0 Å². The van der Waals surface area contributed by atoms with E-state index in [2.05, 4.69) is 10.3 Å². The summed E-state index contributed by atoms with van der Waals surface area (Å²) in [6, 6.07) is 18.3. The molecule has 3 aromatic carbocycles. The first-order valence-electron chi connectivity index (χ1n) is 10.7. The van der Waals surface area contributed by atoms with Crippen molar-refractivity contribution in [1.29, 1.82) is 0 Å². The van der Waals surface area contributed by atoms with Gasteiger partial charge >= 0.3 is 6.18 Å². The van der Waals surface area contributed by atoms with Crippen molar-refractivity contribution in [2.24, 2.45) is 0 Å².